The maximum absolute atomic E-state index is 13.1. The average molecular weight is 350 g/mol. The van der Waals surface area contributed by atoms with E-state index in [9.17, 15) is 4.79 Å². The standard InChI is InChI=1S/C20H18N2O2S/c23-20(17-12-13-6-1-3-9-16(13)24-17)22-11-5-8-15(22)19-21-14-7-2-4-10-18(14)25-19/h1-4,6-7,9-10,15,17H,5,8,11-12H2/t15-,17+/m0/s1. The van der Waals surface area contributed by atoms with Gasteiger partial charge in [-0.15, -0.1) is 11.3 Å². The largest absolute Gasteiger partial charge is 0.480 e. The summed E-state index contributed by atoms with van der Waals surface area (Å²) in [6.07, 6.45) is 2.27. The first-order valence-electron chi connectivity index (χ1n) is 8.70. The number of amides is 1. The van der Waals surface area contributed by atoms with Crippen molar-refractivity contribution in [3.63, 3.8) is 0 Å². The van der Waals surface area contributed by atoms with Crippen molar-refractivity contribution in [3.05, 3.63) is 59.1 Å². The first kappa shape index (κ1) is 14.9. The molecule has 126 valence electrons. The highest BCUT2D eigenvalue weighted by molar-refractivity contribution is 7.18. The fourth-order valence-electron chi connectivity index (χ4n) is 3.82. The van der Waals surface area contributed by atoms with Gasteiger partial charge in [-0.25, -0.2) is 4.98 Å². The lowest BCUT2D eigenvalue weighted by atomic mass is 10.1. The highest BCUT2D eigenvalue weighted by atomic mass is 32.1. The van der Waals surface area contributed by atoms with Crippen LogP contribution in [-0.2, 0) is 11.2 Å². The van der Waals surface area contributed by atoms with E-state index in [0.29, 0.717) is 6.42 Å². The van der Waals surface area contributed by atoms with Crippen molar-refractivity contribution < 1.29 is 9.53 Å². The predicted octanol–water partition coefficient (Wildman–Crippen LogP) is 3.96. The second kappa shape index (κ2) is 5.85. The summed E-state index contributed by atoms with van der Waals surface area (Å²) in [4.78, 5) is 19.9. The lowest BCUT2D eigenvalue weighted by Crippen LogP contribution is -2.40. The van der Waals surface area contributed by atoms with Crippen LogP contribution in [0.4, 0.5) is 0 Å². The van der Waals surface area contributed by atoms with Crippen LogP contribution in [0.5, 0.6) is 5.75 Å². The molecule has 1 amide bonds. The number of aromatic nitrogens is 1. The molecule has 1 aromatic heterocycles. The zero-order valence-electron chi connectivity index (χ0n) is 13.7. The fraction of sp³-hybridized carbons (Fsp3) is 0.300. The quantitative estimate of drug-likeness (QED) is 0.702. The van der Waals surface area contributed by atoms with E-state index in [4.69, 9.17) is 9.72 Å². The molecule has 0 spiro atoms. The fourth-order valence-corrected chi connectivity index (χ4v) is 4.94. The van der Waals surface area contributed by atoms with Crippen LogP contribution >= 0.6 is 11.3 Å². The lowest BCUT2D eigenvalue weighted by molar-refractivity contribution is -0.138. The molecule has 3 aromatic rings. The first-order valence-corrected chi connectivity index (χ1v) is 9.52. The SMILES string of the molecule is O=C([C@H]1Cc2ccccc2O1)N1CCC[C@H]1c1nc2ccccc2s1. The Morgan fingerprint density at radius 3 is 2.88 bits per heavy atom. The van der Waals surface area contributed by atoms with Gasteiger partial charge in [0.05, 0.1) is 16.3 Å². The smallest absolute Gasteiger partial charge is 0.264 e. The molecule has 1 saturated heterocycles. The van der Waals surface area contributed by atoms with Crippen molar-refractivity contribution in [2.24, 2.45) is 0 Å². The molecule has 2 aliphatic rings. The molecule has 1 fully saturated rings. The molecule has 0 unspecified atom stereocenters. The van der Waals surface area contributed by atoms with Gasteiger partial charge in [0.15, 0.2) is 6.10 Å². The van der Waals surface area contributed by atoms with E-state index < -0.39 is 6.10 Å². The molecule has 25 heavy (non-hydrogen) atoms. The topological polar surface area (TPSA) is 42.4 Å². The summed E-state index contributed by atoms with van der Waals surface area (Å²) in [5, 5.41) is 1.04. The third kappa shape index (κ3) is 2.50. The second-order valence-electron chi connectivity index (χ2n) is 6.63. The molecule has 0 N–H and O–H groups in total. The summed E-state index contributed by atoms with van der Waals surface area (Å²) in [6.45, 7) is 0.787. The van der Waals surface area contributed by atoms with E-state index in [1.165, 1.54) is 4.70 Å². The number of carbonyl (C=O) groups is 1. The van der Waals surface area contributed by atoms with Crippen molar-refractivity contribution in [3.8, 4) is 5.75 Å². The molecule has 0 bridgehead atoms. The zero-order valence-corrected chi connectivity index (χ0v) is 14.5. The molecule has 4 nitrogen and oxygen atoms in total. The van der Waals surface area contributed by atoms with Gasteiger partial charge in [0.2, 0.25) is 0 Å². The number of hydrogen-bond donors (Lipinski definition) is 0. The second-order valence-corrected chi connectivity index (χ2v) is 7.69. The van der Waals surface area contributed by atoms with Crippen molar-refractivity contribution >= 4 is 27.5 Å². The summed E-state index contributed by atoms with van der Waals surface area (Å²) in [5.41, 5.74) is 2.14. The van der Waals surface area contributed by atoms with E-state index >= 15 is 0 Å². The summed E-state index contributed by atoms with van der Waals surface area (Å²) < 4.78 is 7.10. The summed E-state index contributed by atoms with van der Waals surface area (Å²) in [5.74, 6) is 0.939. The van der Waals surface area contributed by atoms with Gasteiger partial charge < -0.3 is 9.64 Å². The molecule has 5 rings (SSSR count). The highest BCUT2D eigenvalue weighted by Crippen LogP contribution is 2.38. The summed E-state index contributed by atoms with van der Waals surface area (Å²) >= 11 is 1.70. The van der Waals surface area contributed by atoms with E-state index in [1.807, 2.05) is 47.4 Å². The molecular formula is C20H18N2O2S. The average Bonchev–Trinajstić information content (AvgIpc) is 3.36. The number of likely N-dealkylation sites (tertiary alicyclic amines) is 1. The molecule has 0 aliphatic carbocycles. The monoisotopic (exact) mass is 350 g/mol. The van der Waals surface area contributed by atoms with E-state index in [-0.39, 0.29) is 11.9 Å². The minimum Gasteiger partial charge on any atom is -0.480 e. The van der Waals surface area contributed by atoms with Crippen LogP contribution in [0.2, 0.25) is 0 Å². The van der Waals surface area contributed by atoms with E-state index in [1.54, 1.807) is 11.3 Å². The maximum Gasteiger partial charge on any atom is 0.264 e. The Balaban J connectivity index is 1.40. The predicted molar refractivity (Wildman–Crippen MR) is 97.9 cm³/mol. The van der Waals surface area contributed by atoms with Crippen molar-refractivity contribution in [1.82, 2.24) is 9.88 Å². The molecule has 0 radical (unpaired) electrons. The lowest BCUT2D eigenvalue weighted by Gasteiger charge is -2.25. The van der Waals surface area contributed by atoms with Crippen LogP contribution in [0, 0.1) is 0 Å². The zero-order chi connectivity index (χ0) is 16.8. The van der Waals surface area contributed by atoms with Crippen LogP contribution in [0.15, 0.2) is 48.5 Å². The minimum absolute atomic E-state index is 0.0808. The number of benzene rings is 2. The molecule has 2 atom stereocenters. The Labute approximate surface area is 150 Å². The number of ether oxygens (including phenoxy) is 1. The number of nitrogens with zero attached hydrogens (tertiary/aromatic N) is 2. The number of thiazole rings is 1. The third-order valence-corrected chi connectivity index (χ3v) is 6.19. The van der Waals surface area contributed by atoms with Crippen LogP contribution in [0.3, 0.4) is 0 Å². The van der Waals surface area contributed by atoms with E-state index in [2.05, 4.69) is 6.07 Å². The molecular weight excluding hydrogens is 332 g/mol. The summed E-state index contributed by atoms with van der Waals surface area (Å²) in [7, 11) is 0. The third-order valence-electron chi connectivity index (χ3n) is 5.05. The van der Waals surface area contributed by atoms with Crippen LogP contribution in [0.1, 0.15) is 29.5 Å². The number of fused-ring (bicyclic) bond motifs is 2. The van der Waals surface area contributed by atoms with Crippen molar-refractivity contribution in [2.75, 3.05) is 6.54 Å². The summed E-state index contributed by atoms with van der Waals surface area (Å²) in [6, 6.07) is 16.2. The molecule has 3 heterocycles. The van der Waals surface area contributed by atoms with Gasteiger partial charge in [-0.2, -0.15) is 0 Å². The molecule has 2 aromatic carbocycles. The molecule has 2 aliphatic heterocycles. The van der Waals surface area contributed by atoms with Crippen molar-refractivity contribution in [1.29, 1.82) is 0 Å². The van der Waals surface area contributed by atoms with Crippen molar-refractivity contribution in [2.45, 2.75) is 31.4 Å². The van der Waals surface area contributed by atoms with Gasteiger partial charge in [-0.3, -0.25) is 4.79 Å². The number of hydrogen-bond acceptors (Lipinski definition) is 4. The number of rotatable bonds is 2. The Morgan fingerprint density at radius 2 is 2.00 bits per heavy atom. The molecule has 5 heteroatoms. The van der Waals surface area contributed by atoms with Gasteiger partial charge in [0, 0.05) is 13.0 Å². The van der Waals surface area contributed by atoms with Gasteiger partial charge >= 0.3 is 0 Å². The minimum atomic E-state index is -0.396. The van der Waals surface area contributed by atoms with Gasteiger partial charge in [0.25, 0.3) is 5.91 Å². The Kier molecular flexibility index (Phi) is 3.48. The number of carbonyl (C=O) groups excluding carboxylic acids is 1. The van der Waals surface area contributed by atoms with Gasteiger partial charge in [-0.05, 0) is 36.6 Å². The Morgan fingerprint density at radius 1 is 1.16 bits per heavy atom. The highest BCUT2D eigenvalue weighted by Gasteiger charge is 2.38. The van der Waals surface area contributed by atoms with Gasteiger partial charge in [0.1, 0.15) is 10.8 Å². The maximum atomic E-state index is 13.1. The Bertz CT molecular complexity index is 894. The van der Waals surface area contributed by atoms with Crippen LogP contribution in [-0.4, -0.2) is 28.4 Å². The first-order chi connectivity index (χ1) is 12.3. The van der Waals surface area contributed by atoms with Crippen LogP contribution in [0.25, 0.3) is 10.2 Å². The normalized spacial score (nSPS) is 22.2. The number of para-hydroxylation sites is 2. The van der Waals surface area contributed by atoms with E-state index in [0.717, 1.165) is 41.2 Å². The Hall–Kier alpha value is -2.40. The molecule has 0 saturated carbocycles. The van der Waals surface area contributed by atoms with Crippen LogP contribution < -0.4 is 4.74 Å². The van der Waals surface area contributed by atoms with Gasteiger partial charge in [-0.1, -0.05) is 30.3 Å².